The van der Waals surface area contributed by atoms with E-state index >= 15 is 0 Å². The summed E-state index contributed by atoms with van der Waals surface area (Å²) >= 11 is 0. The molecule has 0 heterocycles. The lowest BCUT2D eigenvalue weighted by Crippen LogP contribution is -2.40. The first-order valence-corrected chi connectivity index (χ1v) is 9.88. The average Bonchev–Trinajstić information content (AvgIpc) is 2.70. The molecule has 0 unspecified atom stereocenters. The van der Waals surface area contributed by atoms with Gasteiger partial charge in [0.15, 0.2) is 0 Å². The van der Waals surface area contributed by atoms with Crippen LogP contribution in [0.3, 0.4) is 0 Å². The molecule has 0 radical (unpaired) electrons. The zero-order valence-corrected chi connectivity index (χ0v) is 16.4. The Kier molecular flexibility index (Phi) is 7.27. The summed E-state index contributed by atoms with van der Waals surface area (Å²) in [7, 11) is -2.69. The number of carbonyl (C=O) groups is 2. The molecule has 2 aromatic rings. The lowest BCUT2D eigenvalue weighted by atomic mass is 10.2. The lowest BCUT2D eigenvalue weighted by molar-refractivity contribution is -0.137. The van der Waals surface area contributed by atoms with Crippen molar-refractivity contribution in [3.63, 3.8) is 0 Å². The van der Waals surface area contributed by atoms with Crippen molar-refractivity contribution < 1.29 is 35.9 Å². The Balaban J connectivity index is 2.07. The van der Waals surface area contributed by atoms with E-state index in [0.29, 0.717) is 5.75 Å². The van der Waals surface area contributed by atoms with Crippen molar-refractivity contribution in [2.24, 2.45) is 0 Å². The Morgan fingerprint density at radius 3 is 2.40 bits per heavy atom. The molecule has 2 amide bonds. The minimum atomic E-state index is -4.57. The Labute approximate surface area is 170 Å². The van der Waals surface area contributed by atoms with Crippen molar-refractivity contribution in [2.45, 2.75) is 11.1 Å². The molecule has 0 fully saturated rings. The second-order valence-corrected chi connectivity index (χ2v) is 7.59. The first-order valence-electron chi connectivity index (χ1n) is 8.39. The van der Waals surface area contributed by atoms with Crippen LogP contribution in [0, 0.1) is 0 Å². The third-order valence-electron chi connectivity index (χ3n) is 3.65. The Bertz CT molecular complexity index is 1030. The smallest absolute Gasteiger partial charge is 0.405 e. The molecule has 2 rings (SSSR count). The van der Waals surface area contributed by atoms with E-state index in [-0.39, 0.29) is 16.1 Å². The summed E-state index contributed by atoms with van der Waals surface area (Å²) in [5.74, 6) is -1.58. The number of methoxy groups -OCH3 is 1. The van der Waals surface area contributed by atoms with Crippen LogP contribution in [0.2, 0.25) is 0 Å². The van der Waals surface area contributed by atoms with Crippen LogP contribution >= 0.6 is 0 Å². The average molecular weight is 445 g/mol. The van der Waals surface area contributed by atoms with Gasteiger partial charge in [-0.1, -0.05) is 18.2 Å². The number of anilines is 1. The molecule has 0 aliphatic carbocycles. The molecule has 0 bridgehead atoms. The minimum Gasteiger partial charge on any atom is -0.495 e. The Morgan fingerprint density at radius 1 is 1.03 bits per heavy atom. The SMILES string of the molecule is COc1ccccc1NS(=O)(=O)c1cccc(C(=O)NCC(=O)NCC(F)(F)F)c1. The summed E-state index contributed by atoms with van der Waals surface area (Å²) < 4.78 is 68.9. The number of hydrogen-bond acceptors (Lipinski definition) is 5. The highest BCUT2D eigenvalue weighted by Crippen LogP contribution is 2.26. The van der Waals surface area contributed by atoms with Gasteiger partial charge in [0.1, 0.15) is 12.3 Å². The zero-order valence-electron chi connectivity index (χ0n) is 15.6. The fourth-order valence-corrected chi connectivity index (χ4v) is 3.38. The summed E-state index contributed by atoms with van der Waals surface area (Å²) in [6.45, 7) is -2.23. The van der Waals surface area contributed by atoms with Gasteiger partial charge in [-0.15, -0.1) is 0 Å². The van der Waals surface area contributed by atoms with Crippen molar-refractivity contribution in [3.05, 3.63) is 54.1 Å². The number of para-hydroxylation sites is 2. The summed E-state index contributed by atoms with van der Waals surface area (Å²) in [5, 5.41) is 3.73. The number of carbonyl (C=O) groups excluding carboxylic acids is 2. The van der Waals surface area contributed by atoms with Crippen LogP contribution in [-0.2, 0) is 14.8 Å². The van der Waals surface area contributed by atoms with Crippen LogP contribution in [0.5, 0.6) is 5.75 Å². The number of benzene rings is 2. The number of sulfonamides is 1. The summed E-state index contributed by atoms with van der Waals surface area (Å²) in [6.07, 6.45) is -4.57. The molecule has 3 N–H and O–H groups in total. The van der Waals surface area contributed by atoms with Gasteiger partial charge < -0.3 is 15.4 Å². The summed E-state index contributed by atoms with van der Waals surface area (Å²) in [6, 6.07) is 11.3. The van der Waals surface area contributed by atoms with Crippen LogP contribution in [0.4, 0.5) is 18.9 Å². The van der Waals surface area contributed by atoms with Crippen molar-refractivity contribution in [1.82, 2.24) is 10.6 Å². The maximum absolute atomic E-state index is 12.6. The summed E-state index contributed by atoms with van der Waals surface area (Å²) in [5.41, 5.74) is 0.0951. The minimum absolute atomic E-state index is 0.0958. The second kappa shape index (κ2) is 9.48. The van der Waals surface area contributed by atoms with Crippen molar-refractivity contribution in [3.8, 4) is 5.75 Å². The fourth-order valence-electron chi connectivity index (χ4n) is 2.26. The van der Waals surface area contributed by atoms with Crippen molar-refractivity contribution in [2.75, 3.05) is 24.9 Å². The monoisotopic (exact) mass is 445 g/mol. The molecule has 0 atom stereocenters. The van der Waals surface area contributed by atoms with Crippen LogP contribution < -0.4 is 20.1 Å². The third-order valence-corrected chi connectivity index (χ3v) is 5.02. The van der Waals surface area contributed by atoms with Crippen molar-refractivity contribution in [1.29, 1.82) is 0 Å². The van der Waals surface area contributed by atoms with E-state index in [2.05, 4.69) is 10.0 Å². The molecule has 30 heavy (non-hydrogen) atoms. The predicted octanol–water partition coefficient (Wildman–Crippen LogP) is 1.90. The van der Waals surface area contributed by atoms with Gasteiger partial charge in [0.25, 0.3) is 15.9 Å². The predicted molar refractivity (Wildman–Crippen MR) is 102 cm³/mol. The molecule has 0 saturated heterocycles. The highest BCUT2D eigenvalue weighted by molar-refractivity contribution is 7.92. The molecule has 0 aliphatic rings. The van der Waals surface area contributed by atoms with E-state index in [1.807, 2.05) is 0 Å². The van der Waals surface area contributed by atoms with Crippen LogP contribution in [-0.4, -0.2) is 46.6 Å². The number of rotatable bonds is 8. The molecule has 8 nitrogen and oxygen atoms in total. The van der Waals surface area contributed by atoms with Crippen LogP contribution in [0.25, 0.3) is 0 Å². The summed E-state index contributed by atoms with van der Waals surface area (Å²) in [4.78, 5) is 23.3. The maximum atomic E-state index is 12.6. The molecular weight excluding hydrogens is 427 g/mol. The normalized spacial score (nSPS) is 11.5. The lowest BCUT2D eigenvalue weighted by Gasteiger charge is -2.12. The van der Waals surface area contributed by atoms with E-state index in [0.717, 1.165) is 6.07 Å². The van der Waals surface area contributed by atoms with Gasteiger partial charge in [-0.3, -0.25) is 14.3 Å². The molecule has 2 aromatic carbocycles. The first-order chi connectivity index (χ1) is 14.0. The molecule has 0 aliphatic heterocycles. The highest BCUT2D eigenvalue weighted by Gasteiger charge is 2.27. The van der Waals surface area contributed by atoms with Gasteiger partial charge in [0.2, 0.25) is 5.91 Å². The Hall–Kier alpha value is -3.28. The molecule has 0 spiro atoms. The highest BCUT2D eigenvalue weighted by atomic mass is 32.2. The first kappa shape index (κ1) is 23.0. The third kappa shape index (κ3) is 6.65. The van der Waals surface area contributed by atoms with E-state index in [1.165, 1.54) is 31.4 Å². The van der Waals surface area contributed by atoms with E-state index < -0.39 is 41.1 Å². The maximum Gasteiger partial charge on any atom is 0.405 e. The Morgan fingerprint density at radius 2 is 1.73 bits per heavy atom. The largest absolute Gasteiger partial charge is 0.495 e. The number of amides is 2. The number of hydrogen-bond donors (Lipinski definition) is 3. The van der Waals surface area contributed by atoms with E-state index in [4.69, 9.17) is 4.74 Å². The van der Waals surface area contributed by atoms with Crippen LogP contribution in [0.15, 0.2) is 53.4 Å². The van der Waals surface area contributed by atoms with Gasteiger partial charge in [0.05, 0.1) is 24.2 Å². The zero-order chi connectivity index (χ0) is 22.4. The molecule has 162 valence electrons. The standard InChI is InChI=1S/C18H18F3N3O5S/c1-29-15-8-3-2-7-14(15)24-30(27,28)13-6-4-5-12(9-13)17(26)22-10-16(25)23-11-18(19,20)21/h2-9,24H,10-11H2,1H3,(H,22,26)(H,23,25). The van der Waals surface area contributed by atoms with E-state index in [1.54, 1.807) is 23.5 Å². The molecule has 12 heteroatoms. The van der Waals surface area contributed by atoms with Gasteiger partial charge in [-0.2, -0.15) is 13.2 Å². The van der Waals surface area contributed by atoms with Gasteiger partial charge >= 0.3 is 6.18 Å². The number of ether oxygens (including phenoxy) is 1. The molecule has 0 aromatic heterocycles. The second-order valence-electron chi connectivity index (χ2n) is 5.91. The topological polar surface area (TPSA) is 114 Å². The van der Waals surface area contributed by atoms with Gasteiger partial charge in [-0.05, 0) is 30.3 Å². The van der Waals surface area contributed by atoms with Crippen molar-refractivity contribution >= 4 is 27.5 Å². The van der Waals surface area contributed by atoms with Gasteiger partial charge in [-0.25, -0.2) is 8.42 Å². The van der Waals surface area contributed by atoms with Gasteiger partial charge in [0, 0.05) is 5.56 Å². The number of alkyl halides is 3. The molecule has 0 saturated carbocycles. The quantitative estimate of drug-likeness (QED) is 0.575. The fraction of sp³-hybridized carbons (Fsp3) is 0.222. The molecular formula is C18H18F3N3O5S. The van der Waals surface area contributed by atoms with Crippen LogP contribution in [0.1, 0.15) is 10.4 Å². The number of nitrogens with one attached hydrogen (secondary N) is 3. The van der Waals surface area contributed by atoms with E-state index in [9.17, 15) is 31.2 Å². The number of halogens is 3.